The quantitative estimate of drug-likeness (QED) is 0.866. The predicted molar refractivity (Wildman–Crippen MR) is 83.7 cm³/mol. The van der Waals surface area contributed by atoms with Gasteiger partial charge in [-0.3, -0.25) is 9.59 Å². The Kier molecular flexibility index (Phi) is 4.95. The minimum atomic E-state index is -0.332. The monoisotopic (exact) mass is 294 g/mol. The van der Waals surface area contributed by atoms with Crippen molar-refractivity contribution in [1.29, 1.82) is 0 Å². The van der Waals surface area contributed by atoms with E-state index < -0.39 is 0 Å². The number of nitrogens with one attached hydrogen (secondary N) is 1. The van der Waals surface area contributed by atoms with Gasteiger partial charge < -0.3 is 10.2 Å². The first-order chi connectivity index (χ1) is 9.86. The van der Waals surface area contributed by atoms with Crippen LogP contribution in [0.3, 0.4) is 0 Å². The molecule has 0 aromatic rings. The fraction of sp³-hybridized carbons (Fsp3) is 0.882. The first-order valence-electron chi connectivity index (χ1n) is 8.49. The highest BCUT2D eigenvalue weighted by atomic mass is 16.2. The minimum Gasteiger partial charge on any atom is -0.343 e. The van der Waals surface area contributed by atoms with Crippen molar-refractivity contribution in [3.63, 3.8) is 0 Å². The van der Waals surface area contributed by atoms with Crippen LogP contribution in [0.2, 0.25) is 0 Å². The van der Waals surface area contributed by atoms with E-state index in [0.29, 0.717) is 17.8 Å². The van der Waals surface area contributed by atoms with Gasteiger partial charge in [-0.05, 0) is 43.9 Å². The summed E-state index contributed by atoms with van der Waals surface area (Å²) in [6.45, 7) is 10.5. The number of hydrogen-bond donors (Lipinski definition) is 1. The standard InChI is InChI=1S/C17H30N2O2/c1-6-13-7-8-15(11(13)4)19-12(5)16(20)18-14(17(19)21)9-10(2)3/h10-15H,6-9H2,1-5H3,(H,18,20). The normalized spacial score (nSPS) is 37.2. The first kappa shape index (κ1) is 16.3. The van der Waals surface area contributed by atoms with Crippen LogP contribution in [0.1, 0.15) is 60.3 Å². The summed E-state index contributed by atoms with van der Waals surface area (Å²) in [7, 11) is 0. The number of amides is 2. The van der Waals surface area contributed by atoms with Crippen molar-refractivity contribution in [2.45, 2.75) is 78.4 Å². The van der Waals surface area contributed by atoms with Gasteiger partial charge in [-0.1, -0.05) is 34.1 Å². The van der Waals surface area contributed by atoms with E-state index in [0.717, 1.165) is 19.3 Å². The van der Waals surface area contributed by atoms with Gasteiger partial charge in [-0.2, -0.15) is 0 Å². The highest BCUT2D eigenvalue weighted by molar-refractivity contribution is 5.97. The van der Waals surface area contributed by atoms with Gasteiger partial charge in [-0.15, -0.1) is 0 Å². The highest BCUT2D eigenvalue weighted by Crippen LogP contribution is 2.38. The maximum absolute atomic E-state index is 12.9. The van der Waals surface area contributed by atoms with Crippen molar-refractivity contribution < 1.29 is 9.59 Å². The Balaban J connectivity index is 2.19. The summed E-state index contributed by atoms with van der Waals surface area (Å²) in [6.07, 6.45) is 4.11. The summed E-state index contributed by atoms with van der Waals surface area (Å²) in [5.41, 5.74) is 0. The molecule has 2 rings (SSSR count). The third-order valence-corrected chi connectivity index (χ3v) is 5.44. The van der Waals surface area contributed by atoms with Crippen LogP contribution in [0.25, 0.3) is 0 Å². The van der Waals surface area contributed by atoms with Crippen LogP contribution in [0.15, 0.2) is 0 Å². The van der Waals surface area contributed by atoms with Gasteiger partial charge in [-0.25, -0.2) is 0 Å². The molecule has 2 amide bonds. The molecule has 1 aliphatic carbocycles. The van der Waals surface area contributed by atoms with E-state index >= 15 is 0 Å². The van der Waals surface area contributed by atoms with Crippen molar-refractivity contribution >= 4 is 11.8 Å². The van der Waals surface area contributed by atoms with Crippen LogP contribution < -0.4 is 5.32 Å². The number of carbonyl (C=O) groups excluding carboxylic acids is 2. The van der Waals surface area contributed by atoms with Gasteiger partial charge in [0.1, 0.15) is 12.1 Å². The maximum atomic E-state index is 12.9. The molecule has 1 N–H and O–H groups in total. The van der Waals surface area contributed by atoms with Gasteiger partial charge in [0.2, 0.25) is 11.8 Å². The van der Waals surface area contributed by atoms with E-state index in [1.807, 2.05) is 11.8 Å². The lowest BCUT2D eigenvalue weighted by atomic mass is 9.90. The van der Waals surface area contributed by atoms with Gasteiger partial charge in [0, 0.05) is 6.04 Å². The largest absolute Gasteiger partial charge is 0.343 e. The minimum absolute atomic E-state index is 0.00685. The van der Waals surface area contributed by atoms with Crippen molar-refractivity contribution in [2.75, 3.05) is 0 Å². The predicted octanol–water partition coefficient (Wildman–Crippen LogP) is 2.57. The number of nitrogens with zero attached hydrogens (tertiary/aromatic N) is 1. The smallest absolute Gasteiger partial charge is 0.246 e. The molecule has 1 heterocycles. The molecular weight excluding hydrogens is 264 g/mol. The zero-order valence-corrected chi connectivity index (χ0v) is 14.1. The highest BCUT2D eigenvalue weighted by Gasteiger charge is 2.46. The first-order valence-corrected chi connectivity index (χ1v) is 8.49. The summed E-state index contributed by atoms with van der Waals surface area (Å²) in [6, 6.07) is -0.427. The number of piperazine rings is 1. The fourth-order valence-electron chi connectivity index (χ4n) is 4.13. The summed E-state index contributed by atoms with van der Waals surface area (Å²) < 4.78 is 0. The Bertz CT molecular complexity index is 408. The topological polar surface area (TPSA) is 49.4 Å². The van der Waals surface area contributed by atoms with Gasteiger partial charge in [0.25, 0.3) is 0 Å². The van der Waals surface area contributed by atoms with E-state index in [1.54, 1.807) is 0 Å². The van der Waals surface area contributed by atoms with E-state index in [4.69, 9.17) is 0 Å². The molecule has 5 unspecified atom stereocenters. The zero-order valence-electron chi connectivity index (χ0n) is 14.1. The summed E-state index contributed by atoms with van der Waals surface area (Å²) in [5, 5.41) is 2.91. The van der Waals surface area contributed by atoms with E-state index in [9.17, 15) is 9.59 Å². The summed E-state index contributed by atoms with van der Waals surface area (Å²) in [4.78, 5) is 27.0. The molecule has 0 aromatic carbocycles. The second-order valence-corrected chi connectivity index (χ2v) is 7.28. The molecule has 21 heavy (non-hydrogen) atoms. The van der Waals surface area contributed by atoms with Crippen molar-refractivity contribution in [3.8, 4) is 0 Å². The van der Waals surface area contributed by atoms with Gasteiger partial charge >= 0.3 is 0 Å². The maximum Gasteiger partial charge on any atom is 0.246 e. The average molecular weight is 294 g/mol. The molecule has 0 radical (unpaired) electrons. The van der Waals surface area contributed by atoms with Crippen molar-refractivity contribution in [3.05, 3.63) is 0 Å². The zero-order chi connectivity index (χ0) is 15.7. The van der Waals surface area contributed by atoms with E-state index in [2.05, 4.69) is 33.0 Å². The molecule has 0 spiro atoms. The average Bonchev–Trinajstić information content (AvgIpc) is 2.77. The van der Waals surface area contributed by atoms with Gasteiger partial charge in [0.05, 0.1) is 0 Å². The Hall–Kier alpha value is -1.06. The molecule has 4 nitrogen and oxygen atoms in total. The van der Waals surface area contributed by atoms with E-state index in [1.165, 1.54) is 6.42 Å². The van der Waals surface area contributed by atoms with Crippen LogP contribution in [-0.4, -0.2) is 34.8 Å². The lowest BCUT2D eigenvalue weighted by Gasteiger charge is -2.43. The Morgan fingerprint density at radius 2 is 1.90 bits per heavy atom. The van der Waals surface area contributed by atoms with Crippen LogP contribution in [-0.2, 0) is 9.59 Å². The lowest BCUT2D eigenvalue weighted by molar-refractivity contribution is -0.152. The fourth-order valence-corrected chi connectivity index (χ4v) is 4.13. The number of rotatable bonds is 4. The third kappa shape index (κ3) is 3.09. The van der Waals surface area contributed by atoms with Gasteiger partial charge in [0.15, 0.2) is 0 Å². The third-order valence-electron chi connectivity index (χ3n) is 5.44. The Morgan fingerprint density at radius 3 is 2.43 bits per heavy atom. The second-order valence-electron chi connectivity index (χ2n) is 7.28. The molecule has 2 fully saturated rings. The molecule has 120 valence electrons. The molecule has 4 heteroatoms. The SMILES string of the molecule is CCC1CCC(N2C(=O)C(CC(C)C)NC(=O)C2C)C1C. The molecule has 1 saturated heterocycles. The molecule has 1 aliphatic heterocycles. The summed E-state index contributed by atoms with van der Waals surface area (Å²) >= 11 is 0. The number of hydrogen-bond acceptors (Lipinski definition) is 2. The van der Waals surface area contributed by atoms with Crippen molar-refractivity contribution in [2.24, 2.45) is 17.8 Å². The Labute approximate surface area is 128 Å². The Morgan fingerprint density at radius 1 is 1.24 bits per heavy atom. The molecule has 2 aliphatic rings. The summed E-state index contributed by atoms with van der Waals surface area (Å²) in [5.74, 6) is 1.71. The molecule has 0 aromatic heterocycles. The van der Waals surface area contributed by atoms with E-state index in [-0.39, 0.29) is 29.9 Å². The molecular formula is C17H30N2O2. The van der Waals surface area contributed by atoms with Crippen LogP contribution in [0.5, 0.6) is 0 Å². The molecule has 1 saturated carbocycles. The lowest BCUT2D eigenvalue weighted by Crippen LogP contribution is -2.65. The van der Waals surface area contributed by atoms with Crippen molar-refractivity contribution in [1.82, 2.24) is 10.2 Å². The van der Waals surface area contributed by atoms with Crippen LogP contribution in [0, 0.1) is 17.8 Å². The van der Waals surface area contributed by atoms with Crippen LogP contribution >= 0.6 is 0 Å². The molecule has 0 bridgehead atoms. The second kappa shape index (κ2) is 6.37. The molecule has 5 atom stereocenters. The number of carbonyl (C=O) groups is 2. The van der Waals surface area contributed by atoms with Crippen LogP contribution in [0.4, 0.5) is 0 Å².